The molecule has 9 nitrogen and oxygen atoms in total. The van der Waals surface area contributed by atoms with Gasteiger partial charge in [-0.25, -0.2) is 4.79 Å². The Morgan fingerprint density at radius 3 is 1.51 bits per heavy atom. The minimum atomic E-state index is -0.313. The molecule has 0 saturated heterocycles. The number of unbranched alkanes of at least 4 members (excludes halogenated alkanes) is 20. The molecule has 9 heteroatoms. The van der Waals surface area contributed by atoms with Crippen LogP contribution in [0.2, 0.25) is 0 Å². The minimum Gasteiger partial charge on any atom is -0.464 e. The quantitative estimate of drug-likeness (QED) is 0.0335. The summed E-state index contributed by atoms with van der Waals surface area (Å²) in [6, 6.07) is 0. The molecule has 0 bridgehead atoms. The van der Waals surface area contributed by atoms with Gasteiger partial charge in [-0.3, -0.25) is 9.59 Å². The fourth-order valence-corrected chi connectivity index (χ4v) is 7.60. The topological polar surface area (TPSA) is 101 Å². The van der Waals surface area contributed by atoms with Gasteiger partial charge in [0.05, 0.1) is 26.4 Å². The Hall–Kier alpha value is -2.85. The highest BCUT2D eigenvalue weighted by Gasteiger charge is 2.14. The number of esters is 2. The van der Waals surface area contributed by atoms with E-state index in [0.717, 1.165) is 90.0 Å². The lowest BCUT2D eigenvalue weighted by Crippen LogP contribution is -2.21. The molecule has 1 unspecified atom stereocenters. The van der Waals surface area contributed by atoms with Crippen LogP contribution in [-0.2, 0) is 38.1 Å². The van der Waals surface area contributed by atoms with Crippen LogP contribution in [0.25, 0.3) is 0 Å². The van der Waals surface area contributed by atoms with Crippen molar-refractivity contribution in [2.75, 3.05) is 66.9 Å². The van der Waals surface area contributed by atoms with E-state index in [1.54, 1.807) is 0 Å². The lowest BCUT2D eigenvalue weighted by molar-refractivity contribution is -0.150. The lowest BCUT2D eigenvalue weighted by atomic mass is 10.1. The summed E-state index contributed by atoms with van der Waals surface area (Å²) in [6.45, 7) is 7.65. The monoisotopic (exact) mass is 956 g/mol. The number of carbonyl (C=O) groups is 3. The van der Waals surface area contributed by atoms with E-state index < -0.39 is 0 Å². The molecule has 0 aromatic carbocycles. The van der Waals surface area contributed by atoms with Crippen LogP contribution in [-0.4, -0.2) is 95.6 Å². The smallest absolute Gasteiger partial charge is 0.332 e. The van der Waals surface area contributed by atoms with E-state index in [1.807, 2.05) is 20.2 Å². The van der Waals surface area contributed by atoms with Crippen LogP contribution in [0, 0.1) is 0 Å². The highest BCUT2D eigenvalue weighted by molar-refractivity contribution is 5.79. The summed E-state index contributed by atoms with van der Waals surface area (Å²) in [5.41, 5.74) is 0. The summed E-state index contributed by atoms with van der Waals surface area (Å²) in [7, 11) is 4.00. The van der Waals surface area contributed by atoms with E-state index in [-0.39, 0.29) is 37.0 Å². The van der Waals surface area contributed by atoms with Crippen LogP contribution in [0.4, 0.5) is 0 Å². The molecule has 0 radical (unpaired) electrons. The molecule has 0 aliphatic rings. The number of carbonyl (C=O) groups excluding carboxylic acids is 3. The van der Waals surface area contributed by atoms with E-state index in [2.05, 4.69) is 73.4 Å². The maximum Gasteiger partial charge on any atom is 0.332 e. The second kappa shape index (κ2) is 55.1. The normalized spacial score (nSPS) is 12.6. The van der Waals surface area contributed by atoms with Crippen molar-refractivity contribution >= 4 is 17.7 Å². The van der Waals surface area contributed by atoms with E-state index in [1.165, 1.54) is 116 Å². The predicted molar refractivity (Wildman–Crippen MR) is 286 cm³/mol. The zero-order valence-corrected chi connectivity index (χ0v) is 44.6. The van der Waals surface area contributed by atoms with Crippen LogP contribution < -0.4 is 0 Å². The van der Waals surface area contributed by atoms with Crippen molar-refractivity contribution in [3.8, 4) is 0 Å². The Balaban J connectivity index is 3.96. The van der Waals surface area contributed by atoms with Gasteiger partial charge in [0.1, 0.15) is 19.3 Å². The van der Waals surface area contributed by atoms with Gasteiger partial charge in [0.15, 0.2) is 5.78 Å². The molecule has 0 N–H and O–H groups in total. The van der Waals surface area contributed by atoms with Gasteiger partial charge < -0.3 is 28.6 Å². The number of rotatable bonds is 53. The number of hydrogen-bond donors (Lipinski definition) is 0. The predicted octanol–water partition coefficient (Wildman–Crippen LogP) is 15.3. The molecule has 0 fully saturated rings. The molecule has 0 heterocycles. The first kappa shape index (κ1) is 65.1. The van der Waals surface area contributed by atoms with E-state index in [9.17, 15) is 14.4 Å². The number of Topliss-reactive ketones (excluding diaryl/α,β-unsaturated/α-hetero) is 1. The summed E-state index contributed by atoms with van der Waals surface area (Å²) in [5, 5.41) is 0. The molecule has 0 spiro atoms. The van der Waals surface area contributed by atoms with E-state index >= 15 is 0 Å². The fourth-order valence-electron chi connectivity index (χ4n) is 7.60. The van der Waals surface area contributed by atoms with Gasteiger partial charge >= 0.3 is 11.9 Å². The maximum absolute atomic E-state index is 12.6. The SMILES string of the molecule is CCCCC/C=C\C/C=C\CCCCCCCCCC(=O)COCCOCCCC(CCC/C=C/COCC(=O)OCCCCCCCC/C=C\C/C=C\CCCCC)OC(=O)CCCN(C)C. The summed E-state index contributed by atoms with van der Waals surface area (Å²) in [5.74, 6) is -0.297. The first-order valence-corrected chi connectivity index (χ1v) is 27.9. The first-order chi connectivity index (χ1) is 33.4. The first-order valence-electron chi connectivity index (χ1n) is 27.9. The third-order valence-electron chi connectivity index (χ3n) is 11.7. The van der Waals surface area contributed by atoms with E-state index in [0.29, 0.717) is 45.9 Å². The number of hydrogen-bond acceptors (Lipinski definition) is 9. The molecule has 1 atom stereocenters. The number of ether oxygens (including phenoxy) is 5. The number of nitrogens with zero attached hydrogens (tertiary/aromatic N) is 1. The molecule has 0 aromatic heterocycles. The van der Waals surface area contributed by atoms with Crippen LogP contribution in [0.5, 0.6) is 0 Å². The zero-order valence-electron chi connectivity index (χ0n) is 44.6. The molecule has 394 valence electrons. The van der Waals surface area contributed by atoms with Crippen LogP contribution >= 0.6 is 0 Å². The highest BCUT2D eigenvalue weighted by Crippen LogP contribution is 2.15. The lowest BCUT2D eigenvalue weighted by Gasteiger charge is -2.18. The Morgan fingerprint density at radius 2 is 0.926 bits per heavy atom. The van der Waals surface area contributed by atoms with Crippen molar-refractivity contribution in [1.82, 2.24) is 4.90 Å². The van der Waals surface area contributed by atoms with Gasteiger partial charge in [-0.15, -0.1) is 0 Å². The second-order valence-electron chi connectivity index (χ2n) is 18.8. The zero-order chi connectivity index (χ0) is 49.5. The van der Waals surface area contributed by atoms with Gasteiger partial charge in [-0.1, -0.05) is 158 Å². The summed E-state index contributed by atoms with van der Waals surface area (Å²) in [6.07, 6.45) is 57.9. The molecule has 0 saturated carbocycles. The van der Waals surface area contributed by atoms with Gasteiger partial charge in [0, 0.05) is 19.4 Å². The van der Waals surface area contributed by atoms with Crippen molar-refractivity contribution in [3.05, 3.63) is 60.8 Å². The van der Waals surface area contributed by atoms with Crippen LogP contribution in [0.15, 0.2) is 60.8 Å². The van der Waals surface area contributed by atoms with Gasteiger partial charge in [0.25, 0.3) is 0 Å². The standard InChI is InChI=1S/C59H105NO8/c1-5-7-9-11-13-15-17-19-21-23-24-26-28-30-32-34-38-44-56(61)54-66-53-52-64-50-43-46-57(68-58(62)47-42-48-60(3)4)45-39-35-37-40-49-65-55-59(63)67-51-41-36-33-31-29-27-25-22-20-18-16-14-12-10-8-6-2/h13-16,19-22,37,40,57H,5-12,17-18,23-36,38-39,41-55H2,1-4H3/b15-13-,16-14-,21-19-,22-20-,40-37+. The third-order valence-corrected chi connectivity index (χ3v) is 11.7. The molecule has 0 rings (SSSR count). The van der Waals surface area contributed by atoms with Gasteiger partial charge in [-0.05, 0) is 136 Å². The molecule has 68 heavy (non-hydrogen) atoms. The minimum absolute atomic E-state index is 0.0396. The molecule has 0 aliphatic carbocycles. The van der Waals surface area contributed by atoms with Gasteiger partial charge in [-0.2, -0.15) is 0 Å². The Kier molecular flexibility index (Phi) is 52.8. The Bertz CT molecular complexity index is 1260. The largest absolute Gasteiger partial charge is 0.464 e. The summed E-state index contributed by atoms with van der Waals surface area (Å²) < 4.78 is 28.1. The molecular formula is C59H105NO8. The summed E-state index contributed by atoms with van der Waals surface area (Å²) in [4.78, 5) is 39.0. The molecule has 0 aromatic rings. The van der Waals surface area contributed by atoms with Crippen molar-refractivity contribution in [1.29, 1.82) is 0 Å². The molecular weight excluding hydrogens is 851 g/mol. The fraction of sp³-hybridized carbons (Fsp3) is 0.780. The Labute approximate surface area is 418 Å². The average molecular weight is 956 g/mol. The Morgan fingerprint density at radius 1 is 0.426 bits per heavy atom. The second-order valence-corrected chi connectivity index (χ2v) is 18.8. The van der Waals surface area contributed by atoms with Crippen LogP contribution in [0.3, 0.4) is 0 Å². The molecule has 0 amide bonds. The van der Waals surface area contributed by atoms with E-state index in [4.69, 9.17) is 23.7 Å². The maximum atomic E-state index is 12.6. The molecule has 0 aliphatic heterocycles. The number of allylic oxidation sites excluding steroid dienone is 9. The van der Waals surface area contributed by atoms with Crippen molar-refractivity contribution < 1.29 is 38.1 Å². The number of ketones is 1. The van der Waals surface area contributed by atoms with Crippen molar-refractivity contribution in [2.45, 2.75) is 232 Å². The van der Waals surface area contributed by atoms with Crippen LogP contribution in [0.1, 0.15) is 226 Å². The van der Waals surface area contributed by atoms with Crippen molar-refractivity contribution in [2.24, 2.45) is 0 Å². The average Bonchev–Trinajstić information content (AvgIpc) is 3.32. The van der Waals surface area contributed by atoms with Crippen molar-refractivity contribution in [3.63, 3.8) is 0 Å². The third kappa shape index (κ3) is 54.1. The summed E-state index contributed by atoms with van der Waals surface area (Å²) >= 11 is 0. The highest BCUT2D eigenvalue weighted by atomic mass is 16.6. The van der Waals surface area contributed by atoms with Gasteiger partial charge in [0.2, 0.25) is 0 Å².